The molecule has 1 unspecified atom stereocenters. The third-order valence-electron chi connectivity index (χ3n) is 3.33. The fourth-order valence-corrected chi connectivity index (χ4v) is 4.76. The van der Waals surface area contributed by atoms with Crippen LogP contribution in [0, 0.1) is 0 Å². The van der Waals surface area contributed by atoms with E-state index in [4.69, 9.17) is 0 Å². The van der Waals surface area contributed by atoms with Crippen molar-refractivity contribution in [1.29, 1.82) is 0 Å². The molecule has 0 amide bonds. The van der Waals surface area contributed by atoms with Crippen molar-refractivity contribution in [3.8, 4) is 0 Å². The third kappa shape index (κ3) is 2.70. The van der Waals surface area contributed by atoms with Gasteiger partial charge in [-0.3, -0.25) is 0 Å². The van der Waals surface area contributed by atoms with Crippen LogP contribution in [0.2, 0.25) is 0 Å². The zero-order valence-corrected chi connectivity index (χ0v) is 14.8. The number of nitrogens with one attached hydrogen (secondary N) is 1. The Labute approximate surface area is 139 Å². The molecule has 0 spiro atoms. The molecule has 1 N–H and O–H groups in total. The Hall–Kier alpha value is -0.680. The van der Waals surface area contributed by atoms with Crippen LogP contribution in [-0.4, -0.2) is 7.05 Å². The molecule has 0 radical (unpaired) electrons. The fraction of sp³-hybridized carbons (Fsp3) is 0.125. The van der Waals surface area contributed by atoms with Gasteiger partial charge in [-0.15, -0.1) is 11.3 Å². The van der Waals surface area contributed by atoms with E-state index >= 15 is 0 Å². The van der Waals surface area contributed by atoms with Crippen LogP contribution in [0.4, 0.5) is 0 Å². The standard InChI is InChI=1S/C16H13Br2NS/c1-19-15(11-7-12(17)9-13(18)8-11)14-4-2-3-10-5-6-20-16(10)14/h2-9,15,19H,1H3. The Kier molecular flexibility index (Phi) is 4.26. The minimum Gasteiger partial charge on any atom is -0.309 e. The Morgan fingerprint density at radius 2 is 1.80 bits per heavy atom. The van der Waals surface area contributed by atoms with Gasteiger partial charge in [0.1, 0.15) is 0 Å². The van der Waals surface area contributed by atoms with Gasteiger partial charge in [-0.25, -0.2) is 0 Å². The summed E-state index contributed by atoms with van der Waals surface area (Å²) < 4.78 is 3.52. The van der Waals surface area contributed by atoms with Crippen molar-refractivity contribution in [3.63, 3.8) is 0 Å². The molecule has 1 aromatic heterocycles. The van der Waals surface area contributed by atoms with Gasteiger partial charge in [-0.05, 0) is 53.2 Å². The van der Waals surface area contributed by atoms with E-state index in [1.165, 1.54) is 21.2 Å². The molecule has 3 aromatic rings. The second kappa shape index (κ2) is 5.98. The first-order chi connectivity index (χ1) is 9.69. The van der Waals surface area contributed by atoms with Gasteiger partial charge >= 0.3 is 0 Å². The van der Waals surface area contributed by atoms with Gasteiger partial charge in [0.05, 0.1) is 6.04 Å². The zero-order valence-electron chi connectivity index (χ0n) is 10.9. The van der Waals surface area contributed by atoms with Crippen molar-refractivity contribution < 1.29 is 0 Å². The highest BCUT2D eigenvalue weighted by Gasteiger charge is 2.16. The molecule has 0 aliphatic heterocycles. The maximum atomic E-state index is 3.57. The lowest BCUT2D eigenvalue weighted by molar-refractivity contribution is 0.697. The molecule has 0 fully saturated rings. The Balaban J connectivity index is 2.16. The molecule has 102 valence electrons. The molecule has 0 aliphatic carbocycles. The Morgan fingerprint density at radius 1 is 1.05 bits per heavy atom. The Bertz CT molecular complexity index is 731. The van der Waals surface area contributed by atoms with Gasteiger partial charge in [0.2, 0.25) is 0 Å². The van der Waals surface area contributed by atoms with E-state index in [2.05, 4.69) is 85.0 Å². The average Bonchev–Trinajstić information content (AvgIpc) is 2.87. The lowest BCUT2D eigenvalue weighted by atomic mass is 9.98. The van der Waals surface area contributed by atoms with Crippen LogP contribution in [0.5, 0.6) is 0 Å². The lowest BCUT2D eigenvalue weighted by Gasteiger charge is -2.19. The smallest absolute Gasteiger partial charge is 0.0589 e. The van der Waals surface area contributed by atoms with Crippen LogP contribution in [-0.2, 0) is 0 Å². The summed E-state index contributed by atoms with van der Waals surface area (Å²) in [5, 5.41) is 6.89. The molecule has 1 atom stereocenters. The number of rotatable bonds is 3. The van der Waals surface area contributed by atoms with E-state index in [-0.39, 0.29) is 6.04 Å². The van der Waals surface area contributed by atoms with E-state index in [1.807, 2.05) is 7.05 Å². The summed E-state index contributed by atoms with van der Waals surface area (Å²) in [6.45, 7) is 0. The van der Waals surface area contributed by atoms with E-state index in [1.54, 1.807) is 11.3 Å². The molecule has 2 aromatic carbocycles. The minimum absolute atomic E-state index is 0.186. The highest BCUT2D eigenvalue weighted by atomic mass is 79.9. The molecule has 0 bridgehead atoms. The van der Waals surface area contributed by atoms with Gasteiger partial charge < -0.3 is 5.32 Å². The number of halogens is 2. The predicted molar refractivity (Wildman–Crippen MR) is 94.6 cm³/mol. The number of benzene rings is 2. The van der Waals surface area contributed by atoms with Gasteiger partial charge in [0, 0.05) is 13.6 Å². The second-order valence-corrected chi connectivity index (χ2v) is 7.36. The molecule has 1 heterocycles. The van der Waals surface area contributed by atoms with Crippen molar-refractivity contribution in [2.24, 2.45) is 0 Å². The van der Waals surface area contributed by atoms with E-state index in [0.29, 0.717) is 0 Å². The van der Waals surface area contributed by atoms with Crippen molar-refractivity contribution in [1.82, 2.24) is 5.32 Å². The molecule has 0 saturated heterocycles. The molecule has 0 aliphatic rings. The average molecular weight is 411 g/mol. The quantitative estimate of drug-likeness (QED) is 0.580. The van der Waals surface area contributed by atoms with E-state index in [0.717, 1.165) is 8.95 Å². The van der Waals surface area contributed by atoms with Crippen LogP contribution in [0.15, 0.2) is 56.8 Å². The topological polar surface area (TPSA) is 12.0 Å². The zero-order chi connectivity index (χ0) is 14.1. The summed E-state index contributed by atoms with van der Waals surface area (Å²) in [7, 11) is 2.01. The first-order valence-electron chi connectivity index (χ1n) is 6.28. The van der Waals surface area contributed by atoms with Gasteiger partial charge in [0.25, 0.3) is 0 Å². The molecule has 0 saturated carbocycles. The van der Waals surface area contributed by atoms with Gasteiger partial charge in [-0.2, -0.15) is 0 Å². The fourth-order valence-electron chi connectivity index (χ4n) is 2.49. The van der Waals surface area contributed by atoms with Crippen LogP contribution < -0.4 is 5.32 Å². The molecular formula is C16H13Br2NS. The number of hydrogen-bond donors (Lipinski definition) is 1. The van der Waals surface area contributed by atoms with Crippen LogP contribution in [0.25, 0.3) is 10.1 Å². The SMILES string of the molecule is CNC(c1cc(Br)cc(Br)c1)c1cccc2ccsc12. The van der Waals surface area contributed by atoms with Crippen molar-refractivity contribution >= 4 is 53.3 Å². The molecule has 3 rings (SSSR count). The Morgan fingerprint density at radius 3 is 2.50 bits per heavy atom. The van der Waals surface area contributed by atoms with Crippen LogP contribution in [0.3, 0.4) is 0 Å². The second-order valence-electron chi connectivity index (χ2n) is 4.61. The monoisotopic (exact) mass is 409 g/mol. The van der Waals surface area contributed by atoms with Gasteiger partial charge in [0.15, 0.2) is 0 Å². The summed E-state index contributed by atoms with van der Waals surface area (Å²) in [4.78, 5) is 0. The number of thiophene rings is 1. The van der Waals surface area contributed by atoms with Gasteiger partial charge in [-0.1, -0.05) is 50.1 Å². The summed E-state index contributed by atoms with van der Waals surface area (Å²) in [5.41, 5.74) is 2.57. The first kappa shape index (κ1) is 14.3. The predicted octanol–water partition coefficient (Wildman–Crippen LogP) is 5.74. The summed E-state index contributed by atoms with van der Waals surface area (Å²) in [6, 6.07) is 15.2. The van der Waals surface area contributed by atoms with Crippen molar-refractivity contribution in [3.05, 3.63) is 67.9 Å². The van der Waals surface area contributed by atoms with Crippen LogP contribution in [0.1, 0.15) is 17.2 Å². The normalized spacial score (nSPS) is 12.8. The summed E-state index contributed by atoms with van der Waals surface area (Å²) >= 11 is 8.94. The molecule has 20 heavy (non-hydrogen) atoms. The lowest BCUT2D eigenvalue weighted by Crippen LogP contribution is -2.17. The van der Waals surface area contributed by atoms with Crippen molar-refractivity contribution in [2.75, 3.05) is 7.05 Å². The molecule has 4 heteroatoms. The molecule has 1 nitrogen and oxygen atoms in total. The summed E-state index contributed by atoms with van der Waals surface area (Å²) in [6.07, 6.45) is 0. The first-order valence-corrected chi connectivity index (χ1v) is 8.75. The number of fused-ring (bicyclic) bond motifs is 1. The largest absolute Gasteiger partial charge is 0.309 e. The maximum absolute atomic E-state index is 3.57. The number of hydrogen-bond acceptors (Lipinski definition) is 2. The minimum atomic E-state index is 0.186. The molecular weight excluding hydrogens is 398 g/mol. The van der Waals surface area contributed by atoms with E-state index < -0.39 is 0 Å². The highest BCUT2D eigenvalue weighted by molar-refractivity contribution is 9.11. The summed E-state index contributed by atoms with van der Waals surface area (Å²) in [5.74, 6) is 0. The van der Waals surface area contributed by atoms with Crippen LogP contribution >= 0.6 is 43.2 Å². The van der Waals surface area contributed by atoms with E-state index in [9.17, 15) is 0 Å². The van der Waals surface area contributed by atoms with Crippen molar-refractivity contribution in [2.45, 2.75) is 6.04 Å². The third-order valence-corrected chi connectivity index (χ3v) is 5.22. The highest BCUT2D eigenvalue weighted by Crippen LogP contribution is 2.34. The maximum Gasteiger partial charge on any atom is 0.0589 e.